The van der Waals surface area contributed by atoms with Crippen molar-refractivity contribution >= 4 is 37.7 Å². The van der Waals surface area contributed by atoms with Gasteiger partial charge >= 0.3 is 0 Å². The number of nitrogens with one attached hydrogen (secondary N) is 1. The molecule has 4 aromatic heterocycles. The number of hydrogen-bond donors (Lipinski definition) is 1. The summed E-state index contributed by atoms with van der Waals surface area (Å²) < 4.78 is 37.8. The predicted molar refractivity (Wildman–Crippen MR) is 149 cm³/mol. The van der Waals surface area contributed by atoms with Gasteiger partial charge in [-0.15, -0.1) is 0 Å². The zero-order valence-corrected chi connectivity index (χ0v) is 22.6. The molecule has 10 nitrogen and oxygen atoms in total. The van der Waals surface area contributed by atoms with Gasteiger partial charge in [0, 0.05) is 54.1 Å². The maximum Gasteiger partial charge on any atom is 0.251 e. The SMILES string of the molecule is COCCn1ccc2c(-c3ccc4cnc(CNC(=O)c5ccc6c(c5)S(=O)(=O)CCOC6)cc4n3)ccnc21. The molecular weight excluding hydrogens is 530 g/mol. The van der Waals surface area contributed by atoms with Crippen molar-refractivity contribution in [3.63, 3.8) is 0 Å². The number of carbonyl (C=O) groups excluding carboxylic acids is 1. The number of aromatic nitrogens is 4. The van der Waals surface area contributed by atoms with Gasteiger partial charge in [0.05, 0.1) is 53.9 Å². The number of ether oxygens (including phenoxy) is 2. The smallest absolute Gasteiger partial charge is 0.251 e. The van der Waals surface area contributed by atoms with Crippen LogP contribution in [-0.2, 0) is 39.0 Å². The zero-order valence-electron chi connectivity index (χ0n) is 21.8. The van der Waals surface area contributed by atoms with Crippen LogP contribution in [-0.4, -0.2) is 59.9 Å². The van der Waals surface area contributed by atoms with Crippen LogP contribution in [0.1, 0.15) is 21.6 Å². The fraction of sp³-hybridized carbons (Fsp3) is 0.241. The van der Waals surface area contributed by atoms with E-state index in [-0.39, 0.29) is 41.9 Å². The molecule has 0 radical (unpaired) electrons. The minimum absolute atomic E-state index is 0.105. The van der Waals surface area contributed by atoms with Crippen LogP contribution in [0, 0.1) is 0 Å². The monoisotopic (exact) mass is 557 g/mol. The average molecular weight is 558 g/mol. The Labute approximate surface area is 230 Å². The molecule has 1 aliphatic rings. The van der Waals surface area contributed by atoms with Crippen molar-refractivity contribution in [2.75, 3.05) is 26.1 Å². The Kier molecular flexibility index (Phi) is 7.01. The Morgan fingerprint density at radius 2 is 2.02 bits per heavy atom. The van der Waals surface area contributed by atoms with E-state index >= 15 is 0 Å². The molecule has 0 bridgehead atoms. The number of carbonyl (C=O) groups is 1. The van der Waals surface area contributed by atoms with Gasteiger partial charge in [-0.1, -0.05) is 6.07 Å². The van der Waals surface area contributed by atoms with Crippen LogP contribution in [0.5, 0.6) is 0 Å². The lowest BCUT2D eigenvalue weighted by Gasteiger charge is -2.10. The van der Waals surface area contributed by atoms with Gasteiger partial charge in [0.25, 0.3) is 5.91 Å². The second-order valence-electron chi connectivity index (χ2n) is 9.54. The first kappa shape index (κ1) is 26.1. The van der Waals surface area contributed by atoms with E-state index < -0.39 is 9.84 Å². The van der Waals surface area contributed by atoms with Gasteiger partial charge in [-0.05, 0) is 48.0 Å². The first-order chi connectivity index (χ1) is 19.4. The summed E-state index contributed by atoms with van der Waals surface area (Å²) in [6.45, 7) is 1.80. The van der Waals surface area contributed by atoms with Crippen molar-refractivity contribution in [3.05, 3.63) is 83.9 Å². The summed E-state index contributed by atoms with van der Waals surface area (Å²) in [6.07, 6.45) is 5.51. The number of amides is 1. The molecule has 1 N–H and O–H groups in total. The quantitative estimate of drug-likeness (QED) is 0.322. The maximum absolute atomic E-state index is 12.9. The van der Waals surface area contributed by atoms with E-state index in [1.807, 2.05) is 36.5 Å². The molecule has 0 fully saturated rings. The number of sulfone groups is 1. The summed E-state index contributed by atoms with van der Waals surface area (Å²) in [5.74, 6) is -0.491. The highest BCUT2D eigenvalue weighted by atomic mass is 32.2. The first-order valence-electron chi connectivity index (χ1n) is 12.8. The summed E-state index contributed by atoms with van der Waals surface area (Å²) in [5.41, 5.74) is 4.85. The lowest BCUT2D eigenvalue weighted by Crippen LogP contribution is -2.23. The van der Waals surface area contributed by atoms with Gasteiger partial charge in [-0.3, -0.25) is 9.78 Å². The predicted octanol–water partition coefficient (Wildman–Crippen LogP) is 3.53. The second-order valence-corrected chi connectivity index (χ2v) is 11.6. The highest BCUT2D eigenvalue weighted by Gasteiger charge is 2.23. The molecule has 40 heavy (non-hydrogen) atoms. The molecular formula is C29H27N5O5S. The Hall–Kier alpha value is -4.19. The summed E-state index contributed by atoms with van der Waals surface area (Å²) in [7, 11) is -1.83. The van der Waals surface area contributed by atoms with Crippen molar-refractivity contribution in [3.8, 4) is 11.3 Å². The number of benzene rings is 1. The van der Waals surface area contributed by atoms with E-state index in [1.54, 1.807) is 31.6 Å². The number of methoxy groups -OCH3 is 1. The van der Waals surface area contributed by atoms with E-state index in [4.69, 9.17) is 14.5 Å². The Morgan fingerprint density at radius 3 is 2.90 bits per heavy atom. The molecule has 1 amide bonds. The van der Waals surface area contributed by atoms with E-state index in [9.17, 15) is 13.2 Å². The van der Waals surface area contributed by atoms with Crippen LogP contribution < -0.4 is 5.32 Å². The van der Waals surface area contributed by atoms with Crippen LogP contribution in [0.4, 0.5) is 0 Å². The highest BCUT2D eigenvalue weighted by Crippen LogP contribution is 2.28. The highest BCUT2D eigenvalue weighted by molar-refractivity contribution is 7.91. The number of nitrogens with zero attached hydrogens (tertiary/aromatic N) is 4. The van der Waals surface area contributed by atoms with E-state index in [1.165, 1.54) is 6.07 Å². The third-order valence-corrected chi connectivity index (χ3v) is 8.71. The Balaban J connectivity index is 1.23. The summed E-state index contributed by atoms with van der Waals surface area (Å²) in [5, 5.41) is 4.72. The minimum Gasteiger partial charge on any atom is -0.383 e. The molecule has 0 atom stereocenters. The molecule has 204 valence electrons. The fourth-order valence-electron chi connectivity index (χ4n) is 4.83. The molecule has 0 unspecified atom stereocenters. The molecule has 5 aromatic rings. The van der Waals surface area contributed by atoms with Crippen LogP contribution in [0.3, 0.4) is 0 Å². The van der Waals surface area contributed by atoms with Gasteiger partial charge in [0.2, 0.25) is 0 Å². The van der Waals surface area contributed by atoms with Gasteiger partial charge < -0.3 is 19.4 Å². The standard InChI is InChI=1S/C29H27N5O5S/c1-38-11-10-34-9-7-24-23(6-8-30-28(24)34)25-5-4-20-16-31-22(15-26(20)33-25)17-32-29(35)19-2-3-21-18-39-12-13-40(36,37)27(21)14-19/h2-9,14-16H,10-13,17-18H2,1H3,(H,32,35). The molecule has 5 heterocycles. The van der Waals surface area contributed by atoms with Crippen LogP contribution >= 0.6 is 0 Å². The van der Waals surface area contributed by atoms with Crippen molar-refractivity contribution in [2.45, 2.75) is 24.6 Å². The molecule has 1 aliphatic heterocycles. The summed E-state index contributed by atoms with van der Waals surface area (Å²) in [6, 6.07) is 14.4. The lowest BCUT2D eigenvalue weighted by molar-refractivity contribution is 0.0950. The van der Waals surface area contributed by atoms with Gasteiger partial charge in [-0.2, -0.15) is 0 Å². The first-order valence-corrected chi connectivity index (χ1v) is 14.5. The van der Waals surface area contributed by atoms with E-state index in [0.717, 1.165) is 33.2 Å². The minimum atomic E-state index is -3.51. The number of rotatable bonds is 7. The van der Waals surface area contributed by atoms with Crippen molar-refractivity contribution in [2.24, 2.45) is 0 Å². The van der Waals surface area contributed by atoms with Crippen LogP contribution in [0.15, 0.2) is 72.0 Å². The topological polar surface area (TPSA) is 125 Å². The molecule has 0 aliphatic carbocycles. The third kappa shape index (κ3) is 5.06. The van der Waals surface area contributed by atoms with E-state index in [0.29, 0.717) is 24.4 Å². The van der Waals surface area contributed by atoms with Crippen molar-refractivity contribution in [1.82, 2.24) is 24.8 Å². The summed E-state index contributed by atoms with van der Waals surface area (Å²) in [4.78, 5) is 27.0. The number of hydrogen-bond acceptors (Lipinski definition) is 8. The lowest BCUT2D eigenvalue weighted by atomic mass is 10.1. The molecule has 11 heteroatoms. The van der Waals surface area contributed by atoms with Crippen molar-refractivity contribution < 1.29 is 22.7 Å². The number of pyridine rings is 3. The molecule has 0 saturated heterocycles. The van der Waals surface area contributed by atoms with Crippen LogP contribution in [0.2, 0.25) is 0 Å². The molecule has 0 saturated carbocycles. The van der Waals surface area contributed by atoms with E-state index in [2.05, 4.69) is 19.9 Å². The van der Waals surface area contributed by atoms with Crippen LogP contribution in [0.25, 0.3) is 33.2 Å². The van der Waals surface area contributed by atoms with Crippen molar-refractivity contribution in [1.29, 1.82) is 0 Å². The maximum atomic E-state index is 12.9. The molecule has 0 spiro atoms. The van der Waals surface area contributed by atoms with Gasteiger partial charge in [0.15, 0.2) is 9.84 Å². The average Bonchev–Trinajstić information content (AvgIpc) is 3.32. The Morgan fingerprint density at radius 1 is 1.12 bits per heavy atom. The number of fused-ring (bicyclic) bond motifs is 3. The normalized spacial score (nSPS) is 14.6. The fourth-order valence-corrected chi connectivity index (χ4v) is 6.22. The summed E-state index contributed by atoms with van der Waals surface area (Å²) >= 11 is 0. The Bertz CT molecular complexity index is 1850. The largest absolute Gasteiger partial charge is 0.383 e. The zero-order chi connectivity index (χ0) is 27.7. The molecule has 1 aromatic carbocycles. The second kappa shape index (κ2) is 10.8. The third-order valence-electron chi connectivity index (χ3n) is 6.95. The van der Waals surface area contributed by atoms with Gasteiger partial charge in [0.1, 0.15) is 5.65 Å². The van der Waals surface area contributed by atoms with Gasteiger partial charge in [-0.25, -0.2) is 18.4 Å². The molecule has 6 rings (SSSR count).